The lowest BCUT2D eigenvalue weighted by Crippen LogP contribution is -2.14. The standard InChI is InChI=1S/C20H12O3.C4H10/c21-18(14-7-2-1-3-8-14)17-12-15-11-10-13-6-4-5-9-16(13)19(15)23-20(17)22;1-3-4-2/h1-12H;3-4H2,1-2H3. The molecule has 0 aliphatic heterocycles. The van der Waals surface area contributed by atoms with Crippen molar-refractivity contribution in [2.75, 3.05) is 0 Å². The molecule has 0 saturated carbocycles. The van der Waals surface area contributed by atoms with Crippen LogP contribution in [0.4, 0.5) is 0 Å². The normalized spacial score (nSPS) is 10.4. The van der Waals surface area contributed by atoms with E-state index >= 15 is 0 Å². The Morgan fingerprint density at radius 3 is 2.15 bits per heavy atom. The van der Waals surface area contributed by atoms with Gasteiger partial charge in [-0.05, 0) is 11.5 Å². The number of hydrogen-bond donors (Lipinski definition) is 0. The Morgan fingerprint density at radius 2 is 1.44 bits per heavy atom. The van der Waals surface area contributed by atoms with Crippen molar-refractivity contribution in [2.45, 2.75) is 26.7 Å². The molecule has 3 aromatic carbocycles. The molecule has 0 spiro atoms. The van der Waals surface area contributed by atoms with Gasteiger partial charge in [-0.2, -0.15) is 0 Å². The third-order valence-electron chi connectivity index (χ3n) is 4.41. The summed E-state index contributed by atoms with van der Waals surface area (Å²) in [6.45, 7) is 4.36. The summed E-state index contributed by atoms with van der Waals surface area (Å²) in [5.74, 6) is -0.325. The molecule has 0 aliphatic carbocycles. The lowest BCUT2D eigenvalue weighted by molar-refractivity contribution is 0.103. The minimum atomic E-state index is -0.609. The Balaban J connectivity index is 0.000000481. The molecule has 0 saturated heterocycles. The zero-order valence-electron chi connectivity index (χ0n) is 15.6. The van der Waals surface area contributed by atoms with Gasteiger partial charge in [0, 0.05) is 16.3 Å². The molecule has 1 heterocycles. The number of carbonyl (C=O) groups is 1. The fourth-order valence-corrected chi connectivity index (χ4v) is 2.75. The summed E-state index contributed by atoms with van der Waals surface area (Å²) in [4.78, 5) is 24.8. The first-order chi connectivity index (χ1) is 13.2. The highest BCUT2D eigenvalue weighted by Crippen LogP contribution is 2.25. The molecule has 0 aliphatic rings. The van der Waals surface area contributed by atoms with Crippen LogP contribution in [-0.2, 0) is 0 Å². The molecule has 3 heteroatoms. The molecule has 4 aromatic rings. The molecule has 0 radical (unpaired) electrons. The van der Waals surface area contributed by atoms with Gasteiger partial charge in [0.15, 0.2) is 5.78 Å². The smallest absolute Gasteiger partial charge is 0.347 e. The summed E-state index contributed by atoms with van der Waals surface area (Å²) in [6, 6.07) is 21.8. The molecule has 0 atom stereocenters. The van der Waals surface area contributed by atoms with Crippen molar-refractivity contribution in [3.8, 4) is 0 Å². The highest BCUT2D eigenvalue weighted by molar-refractivity contribution is 6.11. The quantitative estimate of drug-likeness (QED) is 0.257. The zero-order chi connectivity index (χ0) is 19.2. The van der Waals surface area contributed by atoms with E-state index in [0.717, 1.165) is 16.2 Å². The molecular formula is C24H22O3. The van der Waals surface area contributed by atoms with Gasteiger partial charge in [-0.15, -0.1) is 0 Å². The van der Waals surface area contributed by atoms with E-state index in [1.165, 1.54) is 12.8 Å². The van der Waals surface area contributed by atoms with E-state index < -0.39 is 5.63 Å². The summed E-state index contributed by atoms with van der Waals surface area (Å²) in [6.07, 6.45) is 2.64. The molecule has 3 nitrogen and oxygen atoms in total. The van der Waals surface area contributed by atoms with Crippen LogP contribution in [-0.4, -0.2) is 5.78 Å². The van der Waals surface area contributed by atoms with Crippen LogP contribution in [0.15, 0.2) is 82.0 Å². The number of unbranched alkanes of at least 4 members (excludes halogenated alkanes) is 1. The second-order valence-electron chi connectivity index (χ2n) is 6.35. The zero-order valence-corrected chi connectivity index (χ0v) is 15.6. The summed E-state index contributed by atoms with van der Waals surface area (Å²) in [5, 5.41) is 2.59. The van der Waals surface area contributed by atoms with Gasteiger partial charge >= 0.3 is 5.63 Å². The SMILES string of the molecule is CCCC.O=C(c1ccccc1)c1cc2ccc3ccccc3c2oc1=O. The van der Waals surface area contributed by atoms with Crippen LogP contribution in [0.5, 0.6) is 0 Å². The summed E-state index contributed by atoms with van der Waals surface area (Å²) in [5.41, 5.74) is 0.430. The maximum absolute atomic E-state index is 12.5. The second kappa shape index (κ2) is 8.45. The predicted octanol–water partition coefficient (Wildman–Crippen LogP) is 5.98. The van der Waals surface area contributed by atoms with Crippen LogP contribution < -0.4 is 5.63 Å². The average molecular weight is 358 g/mol. The molecule has 0 N–H and O–H groups in total. The van der Waals surface area contributed by atoms with Gasteiger partial charge in [-0.3, -0.25) is 4.79 Å². The molecule has 27 heavy (non-hydrogen) atoms. The Labute approximate surface area is 158 Å². The third-order valence-corrected chi connectivity index (χ3v) is 4.41. The Bertz CT molecular complexity index is 1120. The minimum absolute atomic E-state index is 0.0546. The molecule has 0 unspecified atom stereocenters. The number of benzene rings is 3. The van der Waals surface area contributed by atoms with Gasteiger partial charge < -0.3 is 4.42 Å². The van der Waals surface area contributed by atoms with Gasteiger partial charge in [-0.25, -0.2) is 4.79 Å². The monoisotopic (exact) mass is 358 g/mol. The van der Waals surface area contributed by atoms with Gasteiger partial charge in [0.1, 0.15) is 11.1 Å². The van der Waals surface area contributed by atoms with E-state index in [4.69, 9.17) is 4.42 Å². The topological polar surface area (TPSA) is 47.3 Å². The summed E-state index contributed by atoms with van der Waals surface area (Å²) < 4.78 is 5.47. The lowest BCUT2D eigenvalue weighted by Gasteiger charge is -2.05. The molecule has 1 aromatic heterocycles. The summed E-state index contributed by atoms with van der Waals surface area (Å²) >= 11 is 0. The Morgan fingerprint density at radius 1 is 0.815 bits per heavy atom. The van der Waals surface area contributed by atoms with Crippen molar-refractivity contribution >= 4 is 27.5 Å². The van der Waals surface area contributed by atoms with Crippen molar-refractivity contribution in [1.82, 2.24) is 0 Å². The second-order valence-corrected chi connectivity index (χ2v) is 6.35. The van der Waals surface area contributed by atoms with Gasteiger partial charge in [0.05, 0.1) is 0 Å². The molecule has 0 amide bonds. The molecule has 0 bridgehead atoms. The van der Waals surface area contributed by atoms with Crippen molar-refractivity contribution in [3.63, 3.8) is 0 Å². The van der Waals surface area contributed by atoms with E-state index in [1.807, 2.05) is 42.5 Å². The van der Waals surface area contributed by atoms with E-state index in [2.05, 4.69) is 13.8 Å². The first-order valence-electron chi connectivity index (χ1n) is 9.21. The Kier molecular flexibility index (Phi) is 5.82. The number of ketones is 1. The average Bonchev–Trinajstić information content (AvgIpc) is 2.73. The fourth-order valence-electron chi connectivity index (χ4n) is 2.75. The highest BCUT2D eigenvalue weighted by atomic mass is 16.4. The van der Waals surface area contributed by atoms with Gasteiger partial charge in [0.2, 0.25) is 0 Å². The van der Waals surface area contributed by atoms with E-state index in [-0.39, 0.29) is 11.3 Å². The van der Waals surface area contributed by atoms with Crippen molar-refractivity contribution in [2.24, 2.45) is 0 Å². The molecular weight excluding hydrogens is 336 g/mol. The van der Waals surface area contributed by atoms with E-state index in [0.29, 0.717) is 11.1 Å². The maximum Gasteiger partial charge on any atom is 0.347 e. The van der Waals surface area contributed by atoms with Crippen molar-refractivity contribution in [1.29, 1.82) is 0 Å². The molecule has 136 valence electrons. The number of fused-ring (bicyclic) bond motifs is 3. The van der Waals surface area contributed by atoms with E-state index in [1.54, 1.807) is 30.3 Å². The number of hydrogen-bond acceptors (Lipinski definition) is 3. The maximum atomic E-state index is 12.5. The third kappa shape index (κ3) is 3.98. The van der Waals surface area contributed by atoms with Gasteiger partial charge in [0.25, 0.3) is 0 Å². The number of rotatable bonds is 3. The van der Waals surface area contributed by atoms with Crippen LogP contribution in [0, 0.1) is 0 Å². The largest absolute Gasteiger partial charge is 0.422 e. The van der Waals surface area contributed by atoms with E-state index in [9.17, 15) is 9.59 Å². The van der Waals surface area contributed by atoms with Crippen LogP contribution in [0.25, 0.3) is 21.7 Å². The highest BCUT2D eigenvalue weighted by Gasteiger charge is 2.16. The van der Waals surface area contributed by atoms with Crippen LogP contribution in [0.3, 0.4) is 0 Å². The van der Waals surface area contributed by atoms with Crippen molar-refractivity contribution in [3.05, 3.63) is 94.3 Å². The fraction of sp³-hybridized carbons (Fsp3) is 0.167. The lowest BCUT2D eigenvalue weighted by atomic mass is 10.0. The van der Waals surface area contributed by atoms with Crippen molar-refractivity contribution < 1.29 is 9.21 Å². The molecule has 0 fully saturated rings. The summed E-state index contributed by atoms with van der Waals surface area (Å²) in [7, 11) is 0. The number of carbonyl (C=O) groups excluding carboxylic acids is 1. The van der Waals surface area contributed by atoms with Gasteiger partial charge in [-0.1, -0.05) is 93.4 Å². The van der Waals surface area contributed by atoms with Crippen LogP contribution in [0.2, 0.25) is 0 Å². The Hall–Kier alpha value is -3.20. The van der Waals surface area contributed by atoms with Crippen LogP contribution in [0.1, 0.15) is 42.6 Å². The minimum Gasteiger partial charge on any atom is -0.422 e. The first kappa shape index (κ1) is 18.6. The predicted molar refractivity (Wildman–Crippen MR) is 110 cm³/mol. The molecule has 4 rings (SSSR count). The first-order valence-corrected chi connectivity index (χ1v) is 9.21. The van der Waals surface area contributed by atoms with Crippen LogP contribution >= 0.6 is 0 Å².